The molecule has 1 amide bonds. The monoisotopic (exact) mass is 1130 g/mol. The minimum atomic E-state index is -1.79. The number of aliphatic hydroxyl groups excluding tert-OH is 8. The van der Waals surface area contributed by atoms with Crippen LogP contribution in [0.25, 0.3) is 0 Å². The van der Waals surface area contributed by atoms with E-state index in [1.54, 1.807) is 6.08 Å². The molecule has 14 nitrogen and oxygen atoms in total. The Morgan fingerprint density at radius 2 is 0.863 bits per heavy atom. The molecule has 0 saturated carbocycles. The highest BCUT2D eigenvalue weighted by Gasteiger charge is 2.51. The molecule has 2 fully saturated rings. The third-order valence-electron chi connectivity index (χ3n) is 15.1. The predicted octanol–water partition coefficient (Wildman–Crippen LogP) is 11.7. The highest BCUT2D eigenvalue weighted by atomic mass is 16.7. The average molecular weight is 1130 g/mol. The number of hydrogen-bond donors (Lipinski definition) is 9. The van der Waals surface area contributed by atoms with E-state index in [0.29, 0.717) is 6.42 Å². The summed E-state index contributed by atoms with van der Waals surface area (Å²) in [5.74, 6) is -0.250. The molecule has 80 heavy (non-hydrogen) atoms. The quantitative estimate of drug-likeness (QED) is 0.0204. The highest BCUT2D eigenvalue weighted by molar-refractivity contribution is 5.76. The third kappa shape index (κ3) is 35.3. The van der Waals surface area contributed by atoms with E-state index in [1.807, 2.05) is 6.08 Å². The second-order valence-electron chi connectivity index (χ2n) is 22.2. The Labute approximate surface area is 484 Å². The third-order valence-corrected chi connectivity index (χ3v) is 15.1. The Kier molecular flexibility index (Phi) is 46.4. The summed E-state index contributed by atoms with van der Waals surface area (Å²) in [5, 5.41) is 87.2. The predicted molar refractivity (Wildman–Crippen MR) is 323 cm³/mol. The highest BCUT2D eigenvalue weighted by Crippen LogP contribution is 2.30. The Balaban J connectivity index is 1.74. The Morgan fingerprint density at radius 3 is 1.32 bits per heavy atom. The summed E-state index contributed by atoms with van der Waals surface area (Å²) in [6.45, 7) is 2.69. The van der Waals surface area contributed by atoms with E-state index in [1.165, 1.54) is 116 Å². The van der Waals surface area contributed by atoms with Crippen molar-refractivity contribution in [3.63, 3.8) is 0 Å². The minimum Gasteiger partial charge on any atom is -0.394 e. The van der Waals surface area contributed by atoms with Gasteiger partial charge in [0.15, 0.2) is 12.6 Å². The lowest BCUT2D eigenvalue weighted by atomic mass is 9.97. The fourth-order valence-electron chi connectivity index (χ4n) is 10.0. The molecule has 2 aliphatic rings. The number of nitrogens with one attached hydrogen (secondary N) is 1. The van der Waals surface area contributed by atoms with Crippen molar-refractivity contribution in [2.45, 2.75) is 306 Å². The van der Waals surface area contributed by atoms with E-state index in [9.17, 15) is 45.6 Å². The fourth-order valence-corrected chi connectivity index (χ4v) is 10.0. The maximum Gasteiger partial charge on any atom is 0.220 e. The van der Waals surface area contributed by atoms with Gasteiger partial charge in [0.2, 0.25) is 5.91 Å². The SMILES string of the molecule is CC/C=C\C/C=C\C/C=C\C/C=C\C/C=C\C/C=C\CCCCCCCCCCC(=O)NC(COC1OC(CO)C(OC2OC(CO)C(O)C(O)C2O)C(O)C1O)C(O)/C=C/CCCCCCCCCCCCCCCCCCC. The van der Waals surface area contributed by atoms with Gasteiger partial charge in [-0.1, -0.05) is 240 Å². The standard InChI is InChI=1S/C66H115NO13/c1-3-5-7-9-11-13-15-17-19-21-23-24-25-26-27-28-29-30-32-34-36-38-40-42-44-46-48-50-58(71)67-54(55(70)49-47-45-43-41-39-37-35-33-31-22-20-18-16-14-12-10-8-6-4-2)53-77-65-63(76)61(74)64(57(52-69)79-65)80-66-62(75)60(73)59(72)56(51-68)78-66/h5,7,11,13,17,19,23-24,26-27,29-30,47,49,54-57,59-66,68-70,72-76H,3-4,6,8-10,12,14-16,18,20-22,25,28,31-46,48,50-53H2,1-2H3,(H,67,71)/b7-5-,13-11-,19-17-,24-23-,27-26-,30-29-,49-47+. The molecule has 9 N–H and O–H groups in total. The first-order chi connectivity index (χ1) is 39.1. The number of allylic oxidation sites excluding steroid dienone is 13. The van der Waals surface area contributed by atoms with Crippen LogP contribution in [-0.4, -0.2) is 140 Å². The van der Waals surface area contributed by atoms with Crippen LogP contribution in [0.15, 0.2) is 85.1 Å². The van der Waals surface area contributed by atoms with Crippen molar-refractivity contribution in [3.05, 3.63) is 85.1 Å². The van der Waals surface area contributed by atoms with Crippen molar-refractivity contribution in [2.75, 3.05) is 19.8 Å². The molecule has 2 heterocycles. The van der Waals surface area contributed by atoms with Gasteiger partial charge in [-0.25, -0.2) is 0 Å². The second-order valence-corrected chi connectivity index (χ2v) is 22.2. The molecule has 0 aromatic rings. The molecule has 0 bridgehead atoms. The van der Waals surface area contributed by atoms with Crippen LogP contribution >= 0.6 is 0 Å². The smallest absolute Gasteiger partial charge is 0.220 e. The summed E-state index contributed by atoms with van der Waals surface area (Å²) < 4.78 is 22.8. The first-order valence-corrected chi connectivity index (χ1v) is 31.8. The van der Waals surface area contributed by atoms with E-state index in [2.05, 4.69) is 92.1 Å². The van der Waals surface area contributed by atoms with Gasteiger partial charge >= 0.3 is 0 Å². The number of unbranched alkanes of at least 4 members (excludes halogenated alkanes) is 25. The summed E-state index contributed by atoms with van der Waals surface area (Å²) in [7, 11) is 0. The lowest BCUT2D eigenvalue weighted by molar-refractivity contribution is -0.359. The Morgan fingerprint density at radius 1 is 0.463 bits per heavy atom. The zero-order valence-corrected chi connectivity index (χ0v) is 49.8. The van der Waals surface area contributed by atoms with Crippen LogP contribution in [0.5, 0.6) is 0 Å². The summed E-state index contributed by atoms with van der Waals surface area (Å²) in [5.41, 5.74) is 0. The molecule has 12 atom stereocenters. The largest absolute Gasteiger partial charge is 0.394 e. The van der Waals surface area contributed by atoms with Crippen LogP contribution in [0.2, 0.25) is 0 Å². The molecule has 14 heteroatoms. The number of ether oxygens (including phenoxy) is 4. The Hall–Kier alpha value is -2.83. The summed E-state index contributed by atoms with van der Waals surface area (Å²) in [6.07, 6.45) is 51.8. The summed E-state index contributed by atoms with van der Waals surface area (Å²) in [4.78, 5) is 13.3. The molecule has 0 aromatic carbocycles. The van der Waals surface area contributed by atoms with Gasteiger partial charge in [0.25, 0.3) is 0 Å². The summed E-state index contributed by atoms with van der Waals surface area (Å²) >= 11 is 0. The van der Waals surface area contributed by atoms with Crippen molar-refractivity contribution < 1.29 is 64.6 Å². The van der Waals surface area contributed by atoms with Crippen molar-refractivity contribution >= 4 is 5.91 Å². The molecule has 0 spiro atoms. The van der Waals surface area contributed by atoms with Gasteiger partial charge < -0.3 is 65.1 Å². The topological polar surface area (TPSA) is 228 Å². The molecule has 462 valence electrons. The van der Waals surface area contributed by atoms with Crippen molar-refractivity contribution in [2.24, 2.45) is 0 Å². The first-order valence-electron chi connectivity index (χ1n) is 31.8. The van der Waals surface area contributed by atoms with E-state index in [0.717, 1.165) is 89.9 Å². The number of hydrogen-bond acceptors (Lipinski definition) is 13. The van der Waals surface area contributed by atoms with Crippen LogP contribution < -0.4 is 5.32 Å². The van der Waals surface area contributed by atoms with Gasteiger partial charge in [0.05, 0.1) is 32.0 Å². The van der Waals surface area contributed by atoms with Gasteiger partial charge in [-0.2, -0.15) is 0 Å². The lowest BCUT2D eigenvalue weighted by Gasteiger charge is -2.46. The molecule has 0 radical (unpaired) electrons. The molecule has 0 aromatic heterocycles. The van der Waals surface area contributed by atoms with Gasteiger partial charge in [0.1, 0.15) is 48.8 Å². The van der Waals surface area contributed by atoms with Crippen LogP contribution in [0.3, 0.4) is 0 Å². The number of amides is 1. The van der Waals surface area contributed by atoms with Crippen molar-refractivity contribution in [1.82, 2.24) is 5.32 Å². The van der Waals surface area contributed by atoms with E-state index < -0.39 is 86.8 Å². The van der Waals surface area contributed by atoms with Crippen molar-refractivity contribution in [3.8, 4) is 0 Å². The number of carbonyl (C=O) groups is 1. The average Bonchev–Trinajstić information content (AvgIpc) is 3.49. The van der Waals surface area contributed by atoms with Crippen LogP contribution in [0.1, 0.15) is 232 Å². The molecule has 2 saturated heterocycles. The van der Waals surface area contributed by atoms with Crippen molar-refractivity contribution in [1.29, 1.82) is 0 Å². The maximum absolute atomic E-state index is 13.3. The van der Waals surface area contributed by atoms with Crippen LogP contribution in [0, 0.1) is 0 Å². The number of carbonyl (C=O) groups excluding carboxylic acids is 1. The van der Waals surface area contributed by atoms with Gasteiger partial charge in [-0.05, 0) is 70.6 Å². The van der Waals surface area contributed by atoms with Crippen LogP contribution in [0.4, 0.5) is 0 Å². The number of rotatable bonds is 50. The Bertz CT molecular complexity index is 1660. The normalized spacial score (nSPS) is 24.8. The first kappa shape index (κ1) is 73.3. The van der Waals surface area contributed by atoms with Gasteiger partial charge in [-0.3, -0.25) is 4.79 Å². The number of aliphatic hydroxyl groups is 8. The van der Waals surface area contributed by atoms with E-state index in [-0.39, 0.29) is 18.9 Å². The molecular formula is C66H115NO13. The van der Waals surface area contributed by atoms with Gasteiger partial charge in [0, 0.05) is 6.42 Å². The second kappa shape index (κ2) is 50.7. The zero-order valence-electron chi connectivity index (χ0n) is 49.8. The molecule has 12 unspecified atom stereocenters. The fraction of sp³-hybridized carbons (Fsp3) is 0.773. The minimum absolute atomic E-state index is 0.250. The molecular weight excluding hydrogens is 1010 g/mol. The van der Waals surface area contributed by atoms with E-state index in [4.69, 9.17) is 18.9 Å². The molecule has 2 aliphatic heterocycles. The summed E-state index contributed by atoms with van der Waals surface area (Å²) in [6, 6.07) is -0.925. The van der Waals surface area contributed by atoms with Crippen LogP contribution in [-0.2, 0) is 23.7 Å². The van der Waals surface area contributed by atoms with E-state index >= 15 is 0 Å². The zero-order chi connectivity index (χ0) is 58.1. The molecule has 2 rings (SSSR count). The van der Waals surface area contributed by atoms with Gasteiger partial charge in [-0.15, -0.1) is 0 Å². The lowest BCUT2D eigenvalue weighted by Crippen LogP contribution is -2.65. The maximum atomic E-state index is 13.3. The molecule has 0 aliphatic carbocycles.